The fourth-order valence-electron chi connectivity index (χ4n) is 2.94. The zero-order chi connectivity index (χ0) is 19.0. The van der Waals surface area contributed by atoms with Gasteiger partial charge in [0.15, 0.2) is 5.96 Å². The number of anilines is 1. The number of alkyl halides is 3. The van der Waals surface area contributed by atoms with Crippen LogP contribution >= 0.6 is 24.0 Å². The highest BCUT2D eigenvalue weighted by molar-refractivity contribution is 14.0. The number of aliphatic imine (C=N–C) groups is 1. The summed E-state index contributed by atoms with van der Waals surface area (Å²) in [7, 11) is 1.70. The second-order valence-electron chi connectivity index (χ2n) is 6.36. The van der Waals surface area contributed by atoms with E-state index in [1.807, 2.05) is 35.2 Å². The molecule has 1 aromatic rings. The molecule has 2 N–H and O–H groups in total. The van der Waals surface area contributed by atoms with E-state index < -0.39 is 12.2 Å². The van der Waals surface area contributed by atoms with Crippen molar-refractivity contribution in [1.29, 1.82) is 0 Å². The maximum atomic E-state index is 12.8. The second-order valence-corrected chi connectivity index (χ2v) is 6.36. The van der Waals surface area contributed by atoms with E-state index in [0.717, 1.165) is 31.2 Å². The highest BCUT2D eigenvalue weighted by Crippen LogP contribution is 2.25. The molecule has 1 saturated heterocycles. The maximum absolute atomic E-state index is 12.8. The van der Waals surface area contributed by atoms with E-state index in [2.05, 4.69) is 15.6 Å². The van der Waals surface area contributed by atoms with Gasteiger partial charge in [0.05, 0.1) is 0 Å². The average molecular weight is 499 g/mol. The summed E-state index contributed by atoms with van der Waals surface area (Å²) >= 11 is 0. The van der Waals surface area contributed by atoms with Crippen LogP contribution in [0.4, 0.5) is 18.9 Å². The number of halogens is 4. The summed E-state index contributed by atoms with van der Waals surface area (Å²) in [5.74, 6) is 0.754. The van der Waals surface area contributed by atoms with Gasteiger partial charge in [-0.15, -0.1) is 24.0 Å². The number of para-hydroxylation sites is 1. The van der Waals surface area contributed by atoms with Gasteiger partial charge in [-0.1, -0.05) is 18.2 Å². The monoisotopic (exact) mass is 499 g/mol. The van der Waals surface area contributed by atoms with Crippen molar-refractivity contribution in [3.63, 3.8) is 0 Å². The van der Waals surface area contributed by atoms with Crippen LogP contribution in [-0.2, 0) is 0 Å². The van der Waals surface area contributed by atoms with Crippen molar-refractivity contribution in [2.75, 3.05) is 51.6 Å². The summed E-state index contributed by atoms with van der Waals surface area (Å²) in [5.41, 5.74) is 1.09. The Morgan fingerprint density at radius 2 is 1.74 bits per heavy atom. The highest BCUT2D eigenvalue weighted by atomic mass is 127. The minimum atomic E-state index is -4.17. The first kappa shape index (κ1) is 23.8. The van der Waals surface area contributed by atoms with Gasteiger partial charge in [-0.2, -0.15) is 13.2 Å². The molecule has 0 spiro atoms. The number of guanidine groups is 1. The predicted octanol–water partition coefficient (Wildman–Crippen LogP) is 3.25. The first-order valence-electron chi connectivity index (χ1n) is 8.97. The largest absolute Gasteiger partial charge is 0.403 e. The Kier molecular flexibility index (Phi) is 10.2. The smallest absolute Gasteiger partial charge is 0.385 e. The lowest BCUT2D eigenvalue weighted by molar-refractivity contribution is -0.181. The van der Waals surface area contributed by atoms with Crippen LogP contribution in [0.5, 0.6) is 0 Å². The van der Waals surface area contributed by atoms with Crippen LogP contribution in [0, 0.1) is 0 Å². The Hall–Kier alpha value is -1.23. The molecule has 0 amide bonds. The molecule has 1 heterocycles. The molecule has 0 aliphatic carbocycles. The summed E-state index contributed by atoms with van der Waals surface area (Å²) < 4.78 is 38.5. The molecule has 0 bridgehead atoms. The zero-order valence-electron chi connectivity index (χ0n) is 15.8. The van der Waals surface area contributed by atoms with E-state index in [4.69, 9.17) is 0 Å². The summed E-state index contributed by atoms with van der Waals surface area (Å²) in [6.07, 6.45) is -3.26. The van der Waals surface area contributed by atoms with Crippen LogP contribution in [0.3, 0.4) is 0 Å². The molecule has 1 aromatic carbocycles. The van der Waals surface area contributed by atoms with Crippen molar-refractivity contribution in [3.8, 4) is 0 Å². The first-order chi connectivity index (χ1) is 12.4. The standard InChI is InChI=1S/C18H28F3N5.HI/c1-15(18(19,20)21)25-11-13-26(14-12-25)17(22-2)24-10-6-9-23-16-7-4-3-5-8-16;/h3-5,7-8,15,23H,6,9-14H2,1-2H3,(H,22,24);1H. The van der Waals surface area contributed by atoms with Gasteiger partial charge in [-0.25, -0.2) is 0 Å². The zero-order valence-corrected chi connectivity index (χ0v) is 18.1. The van der Waals surface area contributed by atoms with E-state index >= 15 is 0 Å². The number of piperazine rings is 1. The lowest BCUT2D eigenvalue weighted by Crippen LogP contribution is -2.56. The molecule has 1 unspecified atom stereocenters. The highest BCUT2D eigenvalue weighted by Gasteiger charge is 2.41. The quantitative estimate of drug-likeness (QED) is 0.273. The van der Waals surface area contributed by atoms with Crippen molar-refractivity contribution in [1.82, 2.24) is 15.1 Å². The summed E-state index contributed by atoms with van der Waals surface area (Å²) in [6, 6.07) is 8.60. The molecule has 154 valence electrons. The lowest BCUT2D eigenvalue weighted by Gasteiger charge is -2.39. The molecule has 1 aliphatic rings. The Bertz CT molecular complexity index is 560. The minimum absolute atomic E-state index is 0. The molecule has 0 radical (unpaired) electrons. The van der Waals surface area contributed by atoms with Crippen molar-refractivity contribution in [2.45, 2.75) is 25.6 Å². The lowest BCUT2D eigenvalue weighted by atomic mass is 10.2. The molecule has 5 nitrogen and oxygen atoms in total. The number of hydrogen-bond acceptors (Lipinski definition) is 3. The summed E-state index contributed by atoms with van der Waals surface area (Å²) in [6.45, 7) is 4.68. The average Bonchev–Trinajstić information content (AvgIpc) is 2.64. The molecule has 27 heavy (non-hydrogen) atoms. The van der Waals surface area contributed by atoms with Crippen LogP contribution in [0.1, 0.15) is 13.3 Å². The molecule has 9 heteroatoms. The third-order valence-electron chi connectivity index (χ3n) is 4.59. The van der Waals surface area contributed by atoms with Crippen molar-refractivity contribution in [3.05, 3.63) is 30.3 Å². The molecular formula is C18H29F3IN5. The second kappa shape index (κ2) is 11.6. The topological polar surface area (TPSA) is 42.9 Å². The van der Waals surface area contributed by atoms with Crippen LogP contribution in [0.25, 0.3) is 0 Å². The fraction of sp³-hybridized carbons (Fsp3) is 0.611. The van der Waals surface area contributed by atoms with E-state index in [9.17, 15) is 13.2 Å². The van der Waals surface area contributed by atoms with Gasteiger partial charge in [0.25, 0.3) is 0 Å². The molecular weight excluding hydrogens is 470 g/mol. The van der Waals surface area contributed by atoms with Crippen molar-refractivity contribution < 1.29 is 13.2 Å². The van der Waals surface area contributed by atoms with Gasteiger partial charge >= 0.3 is 6.18 Å². The third kappa shape index (κ3) is 7.73. The predicted molar refractivity (Wildman–Crippen MR) is 115 cm³/mol. The van der Waals surface area contributed by atoms with Gasteiger partial charge in [0.1, 0.15) is 6.04 Å². The molecule has 0 aromatic heterocycles. The van der Waals surface area contributed by atoms with Crippen molar-refractivity contribution >= 4 is 35.6 Å². The van der Waals surface area contributed by atoms with Crippen molar-refractivity contribution in [2.24, 2.45) is 4.99 Å². The first-order valence-corrected chi connectivity index (χ1v) is 8.97. The van der Waals surface area contributed by atoms with Crippen LogP contribution in [-0.4, -0.2) is 74.3 Å². The summed E-state index contributed by atoms with van der Waals surface area (Å²) in [4.78, 5) is 7.75. The van der Waals surface area contributed by atoms with E-state index in [1.165, 1.54) is 11.8 Å². The number of hydrogen-bond donors (Lipinski definition) is 2. The van der Waals surface area contributed by atoms with Crippen LogP contribution in [0.2, 0.25) is 0 Å². The fourth-order valence-corrected chi connectivity index (χ4v) is 2.94. The van der Waals surface area contributed by atoms with Gasteiger partial charge in [0.2, 0.25) is 0 Å². The number of nitrogens with one attached hydrogen (secondary N) is 2. The normalized spacial score (nSPS) is 17.2. The number of benzene rings is 1. The van der Waals surface area contributed by atoms with Gasteiger partial charge in [0, 0.05) is 52.0 Å². The number of rotatable bonds is 6. The maximum Gasteiger partial charge on any atom is 0.403 e. The van der Waals surface area contributed by atoms with Gasteiger partial charge in [-0.05, 0) is 25.5 Å². The third-order valence-corrected chi connectivity index (χ3v) is 4.59. The Balaban J connectivity index is 0.00000364. The summed E-state index contributed by atoms with van der Waals surface area (Å²) in [5, 5.41) is 6.64. The van der Waals surface area contributed by atoms with E-state index in [1.54, 1.807) is 7.05 Å². The van der Waals surface area contributed by atoms with Crippen LogP contribution < -0.4 is 10.6 Å². The Morgan fingerprint density at radius 1 is 1.11 bits per heavy atom. The molecule has 1 fully saturated rings. The van der Waals surface area contributed by atoms with Gasteiger partial charge in [-0.3, -0.25) is 9.89 Å². The Morgan fingerprint density at radius 3 is 2.30 bits per heavy atom. The molecule has 2 rings (SSSR count). The van der Waals surface area contributed by atoms with E-state index in [0.29, 0.717) is 26.2 Å². The van der Waals surface area contributed by atoms with E-state index in [-0.39, 0.29) is 24.0 Å². The minimum Gasteiger partial charge on any atom is -0.385 e. The van der Waals surface area contributed by atoms with Gasteiger partial charge < -0.3 is 15.5 Å². The number of nitrogens with zero attached hydrogens (tertiary/aromatic N) is 3. The molecule has 0 saturated carbocycles. The molecule has 1 atom stereocenters. The van der Waals surface area contributed by atoms with Crippen LogP contribution in [0.15, 0.2) is 35.3 Å². The Labute approximate surface area is 176 Å². The molecule has 1 aliphatic heterocycles. The SMILES string of the molecule is CN=C(NCCCNc1ccccc1)N1CCN(C(C)C(F)(F)F)CC1.I.